The summed E-state index contributed by atoms with van der Waals surface area (Å²) in [4.78, 5) is 14.2. The van der Waals surface area contributed by atoms with Crippen molar-refractivity contribution in [1.29, 1.82) is 0 Å². The van der Waals surface area contributed by atoms with E-state index in [4.69, 9.17) is 4.74 Å². The molecule has 130 valence electrons. The number of amides is 1. The van der Waals surface area contributed by atoms with Gasteiger partial charge < -0.3 is 15.0 Å². The third-order valence-corrected chi connectivity index (χ3v) is 5.06. The maximum atomic E-state index is 13.6. The fourth-order valence-corrected chi connectivity index (χ4v) is 3.83. The zero-order valence-electron chi connectivity index (χ0n) is 14.0. The molecule has 0 aromatic heterocycles. The Kier molecular flexibility index (Phi) is 4.30. The van der Waals surface area contributed by atoms with Gasteiger partial charge >= 0.3 is 6.09 Å². The molecule has 1 N–H and O–H groups in total. The van der Waals surface area contributed by atoms with Crippen LogP contribution in [0.4, 0.5) is 14.9 Å². The molecule has 2 aliphatic rings. The lowest BCUT2D eigenvalue weighted by molar-refractivity contribution is 0.0965. The number of ether oxygens (including phenoxy) is 1. The fraction of sp³-hybridized carbons (Fsp3) is 0.350. The topological polar surface area (TPSA) is 41.6 Å². The number of likely N-dealkylation sites (tertiary alicyclic amines) is 1. The van der Waals surface area contributed by atoms with Gasteiger partial charge in [0.1, 0.15) is 12.4 Å². The first-order chi connectivity index (χ1) is 12.2. The van der Waals surface area contributed by atoms with Crippen molar-refractivity contribution in [2.75, 3.05) is 18.4 Å². The largest absolute Gasteiger partial charge is 0.445 e. The van der Waals surface area contributed by atoms with Gasteiger partial charge in [-0.05, 0) is 42.2 Å². The number of halogens is 1. The van der Waals surface area contributed by atoms with Gasteiger partial charge in [0.15, 0.2) is 0 Å². The third-order valence-electron chi connectivity index (χ3n) is 5.06. The van der Waals surface area contributed by atoms with Crippen molar-refractivity contribution in [3.05, 3.63) is 65.5 Å². The molecule has 2 aromatic rings. The van der Waals surface area contributed by atoms with Crippen molar-refractivity contribution in [3.8, 4) is 0 Å². The van der Waals surface area contributed by atoms with E-state index in [1.54, 1.807) is 17.0 Å². The van der Waals surface area contributed by atoms with Crippen LogP contribution >= 0.6 is 0 Å². The van der Waals surface area contributed by atoms with Crippen LogP contribution in [0.3, 0.4) is 0 Å². The molecule has 2 atom stereocenters. The number of rotatable bonds is 2. The monoisotopic (exact) mass is 340 g/mol. The highest BCUT2D eigenvalue weighted by Crippen LogP contribution is 2.40. The van der Waals surface area contributed by atoms with E-state index in [2.05, 4.69) is 5.32 Å². The maximum Gasteiger partial charge on any atom is 0.410 e. The van der Waals surface area contributed by atoms with E-state index < -0.39 is 0 Å². The van der Waals surface area contributed by atoms with E-state index in [0.29, 0.717) is 13.1 Å². The molecule has 4 nitrogen and oxygen atoms in total. The predicted octanol–water partition coefficient (Wildman–Crippen LogP) is 4.14. The molecule has 0 spiro atoms. The number of nitrogens with zero attached hydrogens (tertiary/aromatic N) is 1. The fourth-order valence-electron chi connectivity index (χ4n) is 3.83. The Morgan fingerprint density at radius 3 is 2.92 bits per heavy atom. The summed E-state index contributed by atoms with van der Waals surface area (Å²) in [5.41, 5.74) is 2.99. The summed E-state index contributed by atoms with van der Waals surface area (Å²) in [6.07, 6.45) is 1.55. The summed E-state index contributed by atoms with van der Waals surface area (Å²) in [5, 5.41) is 3.45. The maximum absolute atomic E-state index is 13.6. The van der Waals surface area contributed by atoms with Gasteiger partial charge in [0.25, 0.3) is 0 Å². The summed E-state index contributed by atoms with van der Waals surface area (Å²) < 4.78 is 19.0. The van der Waals surface area contributed by atoms with E-state index in [1.165, 1.54) is 6.07 Å². The van der Waals surface area contributed by atoms with Crippen LogP contribution in [0, 0.1) is 5.82 Å². The molecule has 0 radical (unpaired) electrons. The summed E-state index contributed by atoms with van der Waals surface area (Å²) in [5.74, 6) is 0.0437. The van der Waals surface area contributed by atoms with Crippen molar-refractivity contribution in [3.63, 3.8) is 0 Å². The van der Waals surface area contributed by atoms with Crippen LogP contribution in [0.25, 0.3) is 0 Å². The van der Waals surface area contributed by atoms with Crippen LogP contribution in [0.5, 0.6) is 0 Å². The first-order valence-corrected chi connectivity index (χ1v) is 8.72. The minimum absolute atomic E-state index is 0.114. The van der Waals surface area contributed by atoms with Crippen molar-refractivity contribution in [2.45, 2.75) is 31.4 Å². The van der Waals surface area contributed by atoms with Crippen molar-refractivity contribution >= 4 is 11.8 Å². The quantitative estimate of drug-likeness (QED) is 0.893. The summed E-state index contributed by atoms with van der Waals surface area (Å²) in [6.45, 7) is 1.53. The van der Waals surface area contributed by atoms with E-state index in [0.717, 1.165) is 29.7 Å². The molecular formula is C20H21FN2O2. The number of nitrogens with one attached hydrogen (secondary N) is 1. The van der Waals surface area contributed by atoms with Gasteiger partial charge in [-0.2, -0.15) is 0 Å². The Labute approximate surface area is 146 Å². The van der Waals surface area contributed by atoms with Crippen LogP contribution in [0.15, 0.2) is 48.5 Å². The Balaban J connectivity index is 1.41. The molecule has 0 saturated carbocycles. The zero-order valence-corrected chi connectivity index (χ0v) is 14.0. The van der Waals surface area contributed by atoms with Gasteiger partial charge in [-0.25, -0.2) is 9.18 Å². The first kappa shape index (κ1) is 15.9. The van der Waals surface area contributed by atoms with E-state index in [-0.39, 0.29) is 30.5 Å². The van der Waals surface area contributed by atoms with Crippen LogP contribution < -0.4 is 5.32 Å². The molecule has 0 bridgehead atoms. The molecule has 2 aromatic carbocycles. The van der Waals surface area contributed by atoms with Crippen LogP contribution in [-0.2, 0) is 11.3 Å². The highest BCUT2D eigenvalue weighted by Gasteiger charge is 2.36. The molecule has 2 heterocycles. The lowest BCUT2D eigenvalue weighted by Gasteiger charge is -2.24. The molecule has 4 rings (SSSR count). The number of benzene rings is 2. The van der Waals surface area contributed by atoms with Gasteiger partial charge in [-0.3, -0.25) is 0 Å². The second-order valence-electron chi connectivity index (χ2n) is 6.72. The number of carbonyl (C=O) groups excluding carboxylic acids is 1. The minimum Gasteiger partial charge on any atom is -0.445 e. The Morgan fingerprint density at radius 1 is 1.24 bits per heavy atom. The van der Waals surface area contributed by atoms with Gasteiger partial charge in [-0.15, -0.1) is 0 Å². The Bertz CT molecular complexity index is 766. The number of hydrogen-bond acceptors (Lipinski definition) is 3. The SMILES string of the molecule is O=C(OCc1ccccc1)N1CCC[C@@H]2c3cc(F)ccc3N[C@@H]2C1. The highest BCUT2D eigenvalue weighted by atomic mass is 19.1. The number of hydrogen-bond donors (Lipinski definition) is 1. The van der Waals surface area contributed by atoms with Crippen LogP contribution in [-0.4, -0.2) is 30.1 Å². The van der Waals surface area contributed by atoms with Gasteiger partial charge in [-0.1, -0.05) is 30.3 Å². The zero-order chi connectivity index (χ0) is 17.2. The molecule has 0 unspecified atom stereocenters. The smallest absolute Gasteiger partial charge is 0.410 e. The number of anilines is 1. The lowest BCUT2D eigenvalue weighted by Crippen LogP contribution is -2.39. The molecule has 1 saturated heterocycles. The summed E-state index contributed by atoms with van der Waals surface area (Å²) >= 11 is 0. The van der Waals surface area contributed by atoms with Crippen LogP contribution in [0.1, 0.15) is 29.9 Å². The average molecular weight is 340 g/mol. The van der Waals surface area contributed by atoms with Gasteiger partial charge in [0.2, 0.25) is 0 Å². The lowest BCUT2D eigenvalue weighted by atomic mass is 9.91. The number of fused-ring (bicyclic) bond motifs is 3. The first-order valence-electron chi connectivity index (χ1n) is 8.72. The standard InChI is InChI=1S/C20H21FN2O2/c21-15-8-9-18-17(11-15)16-7-4-10-23(12-19(16)22-18)20(24)25-13-14-5-2-1-3-6-14/h1-3,5-6,8-9,11,16,19,22H,4,7,10,12-13H2/t16-,19-/m1/s1. The predicted molar refractivity (Wildman–Crippen MR) is 94.0 cm³/mol. The molecule has 2 aliphatic heterocycles. The second kappa shape index (κ2) is 6.75. The van der Waals surface area contributed by atoms with Crippen LogP contribution in [0.2, 0.25) is 0 Å². The highest BCUT2D eigenvalue weighted by molar-refractivity contribution is 5.68. The Hall–Kier alpha value is -2.56. The van der Waals surface area contributed by atoms with E-state index in [9.17, 15) is 9.18 Å². The van der Waals surface area contributed by atoms with Gasteiger partial charge in [0.05, 0.1) is 6.04 Å². The minimum atomic E-state index is -0.284. The molecule has 25 heavy (non-hydrogen) atoms. The number of carbonyl (C=O) groups is 1. The second-order valence-corrected chi connectivity index (χ2v) is 6.72. The van der Waals surface area contributed by atoms with E-state index >= 15 is 0 Å². The molecule has 0 aliphatic carbocycles. The Morgan fingerprint density at radius 2 is 2.08 bits per heavy atom. The summed E-state index contributed by atoms with van der Waals surface area (Å²) in [6, 6.07) is 14.7. The average Bonchev–Trinajstić information content (AvgIpc) is 2.83. The molecule has 1 fully saturated rings. The molecular weight excluding hydrogens is 319 g/mol. The summed E-state index contributed by atoms with van der Waals surface area (Å²) in [7, 11) is 0. The van der Waals surface area contributed by atoms with Crippen molar-refractivity contribution in [1.82, 2.24) is 4.90 Å². The third kappa shape index (κ3) is 3.31. The molecule has 1 amide bonds. The molecule has 5 heteroatoms. The van der Waals surface area contributed by atoms with Crippen molar-refractivity contribution < 1.29 is 13.9 Å². The van der Waals surface area contributed by atoms with Crippen molar-refractivity contribution in [2.24, 2.45) is 0 Å². The van der Waals surface area contributed by atoms with E-state index in [1.807, 2.05) is 30.3 Å². The van der Waals surface area contributed by atoms with Gasteiger partial charge in [0, 0.05) is 24.7 Å². The normalized spacial score (nSPS) is 21.7.